The van der Waals surface area contributed by atoms with Crippen LogP contribution < -0.4 is 10.1 Å². The Morgan fingerprint density at radius 1 is 1.39 bits per heavy atom. The van der Waals surface area contributed by atoms with E-state index in [2.05, 4.69) is 26.0 Å². The zero-order valence-electron chi connectivity index (χ0n) is 9.22. The molecule has 0 aliphatic heterocycles. The van der Waals surface area contributed by atoms with E-state index in [1.165, 1.54) is 12.1 Å². The van der Waals surface area contributed by atoms with Crippen LogP contribution in [0.1, 0.15) is 12.8 Å². The molecule has 3 nitrogen and oxygen atoms in total. The lowest BCUT2D eigenvalue weighted by atomic mass is 10.2. The highest BCUT2D eigenvalue weighted by Crippen LogP contribution is 2.32. The number of hydrogen-bond acceptors (Lipinski definition) is 3. The Bertz CT molecular complexity index is 443. The number of hydrogen-bond donors (Lipinski definition) is 1. The highest BCUT2D eigenvalue weighted by Gasteiger charge is 2.32. The average Bonchev–Trinajstić information content (AvgIpc) is 2.24. The van der Waals surface area contributed by atoms with Gasteiger partial charge in [0.25, 0.3) is 0 Å². The van der Waals surface area contributed by atoms with Crippen LogP contribution in [0, 0.1) is 11.3 Å². The van der Waals surface area contributed by atoms with Crippen LogP contribution in [0.2, 0.25) is 0 Å². The normalized spacial score (nSPS) is 10.8. The third-order valence-electron chi connectivity index (χ3n) is 1.95. The molecule has 0 spiro atoms. The first-order chi connectivity index (χ1) is 8.42. The van der Waals surface area contributed by atoms with Gasteiger partial charge in [0.1, 0.15) is 0 Å². The second-order valence-electron chi connectivity index (χ2n) is 3.38. The molecule has 7 heteroatoms. The number of unbranched alkanes of at least 4 members (excludes halogenated alkanes) is 1. The number of anilines is 1. The first kappa shape index (κ1) is 14.6. The molecular weight excluding hydrogens is 313 g/mol. The van der Waals surface area contributed by atoms with E-state index in [-0.39, 0.29) is 11.4 Å². The van der Waals surface area contributed by atoms with Crippen LogP contribution in [0.3, 0.4) is 0 Å². The Kier molecular flexibility index (Phi) is 5.28. The van der Waals surface area contributed by atoms with Crippen LogP contribution >= 0.6 is 15.9 Å². The molecule has 18 heavy (non-hydrogen) atoms. The molecule has 0 atom stereocenters. The van der Waals surface area contributed by atoms with Crippen LogP contribution in [0.5, 0.6) is 5.75 Å². The summed E-state index contributed by atoms with van der Waals surface area (Å²) in [5.74, 6) is -0.297. The summed E-state index contributed by atoms with van der Waals surface area (Å²) in [5.41, 5.74) is 0.244. The molecule has 0 aliphatic rings. The minimum Gasteiger partial charge on any atom is -0.404 e. The number of halogens is 4. The van der Waals surface area contributed by atoms with Crippen molar-refractivity contribution >= 4 is 21.6 Å². The lowest BCUT2D eigenvalue weighted by Crippen LogP contribution is -2.18. The molecule has 0 bridgehead atoms. The number of benzene rings is 1. The van der Waals surface area contributed by atoms with Crippen LogP contribution in [-0.4, -0.2) is 12.9 Å². The zero-order chi connectivity index (χ0) is 13.6. The predicted octanol–water partition coefficient (Wildman–Crippen LogP) is 4.06. The molecule has 0 aromatic heterocycles. The van der Waals surface area contributed by atoms with E-state index in [0.717, 1.165) is 0 Å². The molecule has 0 saturated heterocycles. The molecule has 0 aliphatic carbocycles. The number of rotatable bonds is 5. The summed E-state index contributed by atoms with van der Waals surface area (Å²) in [7, 11) is 0. The predicted molar refractivity (Wildman–Crippen MR) is 64.2 cm³/mol. The third kappa shape index (κ3) is 5.27. The number of ether oxygens (including phenoxy) is 1. The summed E-state index contributed by atoms with van der Waals surface area (Å²) < 4.78 is 41.0. The molecule has 1 aromatic carbocycles. The number of nitrogens with one attached hydrogen (secondary N) is 1. The van der Waals surface area contributed by atoms with Crippen molar-refractivity contribution in [2.75, 3.05) is 11.9 Å². The van der Waals surface area contributed by atoms with Gasteiger partial charge in [0, 0.05) is 17.4 Å². The van der Waals surface area contributed by atoms with Crippen molar-refractivity contribution < 1.29 is 17.9 Å². The van der Waals surface area contributed by atoms with Gasteiger partial charge in [-0.05, 0) is 24.6 Å². The topological polar surface area (TPSA) is 45.0 Å². The molecule has 1 rings (SSSR count). The van der Waals surface area contributed by atoms with Crippen molar-refractivity contribution in [3.05, 3.63) is 22.7 Å². The maximum Gasteiger partial charge on any atom is 0.573 e. The maximum absolute atomic E-state index is 12.2. The summed E-state index contributed by atoms with van der Waals surface area (Å²) in [5, 5.41) is 11.2. The van der Waals surface area contributed by atoms with Gasteiger partial charge in [-0.25, -0.2) is 0 Å². The average molecular weight is 323 g/mol. The van der Waals surface area contributed by atoms with Gasteiger partial charge in [0.2, 0.25) is 0 Å². The first-order valence-corrected chi connectivity index (χ1v) is 5.88. The lowest BCUT2D eigenvalue weighted by Gasteiger charge is -2.14. The third-order valence-corrected chi connectivity index (χ3v) is 2.44. The van der Waals surface area contributed by atoms with Crippen molar-refractivity contribution in [1.82, 2.24) is 0 Å². The van der Waals surface area contributed by atoms with E-state index < -0.39 is 6.36 Å². The molecule has 1 N–H and O–H groups in total. The summed E-state index contributed by atoms with van der Waals surface area (Å²) in [6.45, 7) is 0.406. The van der Waals surface area contributed by atoms with Gasteiger partial charge in [0.15, 0.2) is 5.75 Å². The highest BCUT2D eigenvalue weighted by molar-refractivity contribution is 9.10. The van der Waals surface area contributed by atoms with E-state index in [1.54, 1.807) is 6.07 Å². The minimum absolute atomic E-state index is 0.244. The Morgan fingerprint density at radius 3 is 2.72 bits per heavy atom. The minimum atomic E-state index is -4.73. The van der Waals surface area contributed by atoms with Crippen molar-refractivity contribution in [2.24, 2.45) is 0 Å². The van der Waals surface area contributed by atoms with Crippen LogP contribution in [0.15, 0.2) is 22.7 Å². The number of alkyl halides is 3. The van der Waals surface area contributed by atoms with Gasteiger partial charge in [-0.3, -0.25) is 0 Å². The summed E-state index contributed by atoms with van der Waals surface area (Å²) in [4.78, 5) is 0. The summed E-state index contributed by atoms with van der Waals surface area (Å²) in [6, 6.07) is 6.28. The smallest absolute Gasteiger partial charge is 0.404 e. The quantitative estimate of drug-likeness (QED) is 0.831. The van der Waals surface area contributed by atoms with Gasteiger partial charge in [-0.1, -0.05) is 15.9 Å². The van der Waals surface area contributed by atoms with E-state index in [0.29, 0.717) is 23.9 Å². The second kappa shape index (κ2) is 6.50. The Hall–Kier alpha value is -1.42. The number of nitriles is 1. The fraction of sp³-hybridized carbons (Fsp3) is 0.364. The molecule has 1 aromatic rings. The molecule has 0 fully saturated rings. The zero-order valence-corrected chi connectivity index (χ0v) is 10.8. The van der Waals surface area contributed by atoms with Crippen molar-refractivity contribution in [3.63, 3.8) is 0 Å². The van der Waals surface area contributed by atoms with Gasteiger partial charge >= 0.3 is 6.36 Å². The summed E-state index contributed by atoms with van der Waals surface area (Å²) >= 11 is 3.08. The molecule has 0 radical (unpaired) electrons. The van der Waals surface area contributed by atoms with Gasteiger partial charge < -0.3 is 10.1 Å². The maximum atomic E-state index is 12.2. The van der Waals surface area contributed by atoms with Crippen molar-refractivity contribution in [3.8, 4) is 11.8 Å². The van der Waals surface area contributed by atoms with Crippen molar-refractivity contribution in [1.29, 1.82) is 5.26 Å². The molecule has 0 saturated carbocycles. The fourth-order valence-electron chi connectivity index (χ4n) is 1.24. The number of nitrogens with zero attached hydrogens (tertiary/aromatic N) is 1. The van der Waals surface area contributed by atoms with E-state index in [4.69, 9.17) is 5.26 Å². The van der Waals surface area contributed by atoms with Crippen molar-refractivity contribution in [2.45, 2.75) is 19.2 Å². The summed E-state index contributed by atoms with van der Waals surface area (Å²) in [6.07, 6.45) is -3.83. The standard InChI is InChI=1S/C11H10BrF3N2O/c12-8-3-4-9(17-6-2-1-5-16)10(7-8)18-11(13,14)15/h3-4,7,17H,1-2,6H2. The van der Waals surface area contributed by atoms with E-state index >= 15 is 0 Å². The van der Waals surface area contributed by atoms with Gasteiger partial charge in [-0.2, -0.15) is 5.26 Å². The molecular formula is C11H10BrF3N2O. The van der Waals surface area contributed by atoms with Crippen LogP contribution in [0.25, 0.3) is 0 Å². The Labute approximate surface area is 111 Å². The van der Waals surface area contributed by atoms with Gasteiger partial charge in [0.05, 0.1) is 11.8 Å². The molecule has 0 amide bonds. The monoisotopic (exact) mass is 322 g/mol. The lowest BCUT2D eigenvalue weighted by molar-refractivity contribution is -0.274. The SMILES string of the molecule is N#CCCCNc1ccc(Br)cc1OC(F)(F)F. The Balaban J connectivity index is 2.74. The van der Waals surface area contributed by atoms with Gasteiger partial charge in [-0.15, -0.1) is 13.2 Å². The molecule has 98 valence electrons. The van der Waals surface area contributed by atoms with E-state index in [9.17, 15) is 13.2 Å². The van der Waals surface area contributed by atoms with Crippen LogP contribution in [-0.2, 0) is 0 Å². The fourth-order valence-corrected chi connectivity index (χ4v) is 1.58. The highest BCUT2D eigenvalue weighted by atomic mass is 79.9. The molecule has 0 heterocycles. The van der Waals surface area contributed by atoms with Crippen LogP contribution in [0.4, 0.5) is 18.9 Å². The Morgan fingerprint density at radius 2 is 2.11 bits per heavy atom. The largest absolute Gasteiger partial charge is 0.573 e. The first-order valence-electron chi connectivity index (χ1n) is 5.08. The second-order valence-corrected chi connectivity index (χ2v) is 4.29. The van der Waals surface area contributed by atoms with E-state index in [1.807, 2.05) is 6.07 Å². The molecule has 0 unspecified atom stereocenters.